The number of aliphatic hydroxyl groups is 1. The van der Waals surface area contributed by atoms with Crippen molar-refractivity contribution in [1.29, 1.82) is 0 Å². The molecular formula is C18H23F3N2O2. The van der Waals surface area contributed by atoms with Gasteiger partial charge < -0.3 is 16.2 Å². The van der Waals surface area contributed by atoms with Crippen LogP contribution in [0.25, 0.3) is 0 Å². The minimum absolute atomic E-state index is 0.290. The molecule has 138 valence electrons. The number of hydrogen-bond donors (Lipinski definition) is 3. The first-order valence-electron chi connectivity index (χ1n) is 8.53. The maximum absolute atomic E-state index is 13.9. The standard InChI is InChI=1S/C18H23F3N2O2/c1-17(25)6-4-10(5-7-17)14(18(19,20)21)15-13-3-2-11(16(22)24)8-12(13)9-23-15/h2-3,8,10,14-15,23,25H,4-7,9H2,1H3,(H2,22,24). The molecule has 0 bridgehead atoms. The maximum Gasteiger partial charge on any atom is 0.393 e. The van der Waals surface area contributed by atoms with Crippen LogP contribution < -0.4 is 11.1 Å². The van der Waals surface area contributed by atoms with E-state index in [4.69, 9.17) is 5.73 Å². The highest BCUT2D eigenvalue weighted by Gasteiger charge is 2.52. The van der Waals surface area contributed by atoms with Gasteiger partial charge in [0.25, 0.3) is 0 Å². The molecule has 1 aromatic rings. The molecule has 2 atom stereocenters. The number of fused-ring (bicyclic) bond motifs is 1. The number of hydrogen-bond acceptors (Lipinski definition) is 3. The van der Waals surface area contributed by atoms with Gasteiger partial charge in [-0.3, -0.25) is 4.79 Å². The molecule has 0 radical (unpaired) electrons. The summed E-state index contributed by atoms with van der Waals surface area (Å²) in [6, 6.07) is 3.81. The molecule has 0 aromatic heterocycles. The second-order valence-electron chi connectivity index (χ2n) is 7.54. The van der Waals surface area contributed by atoms with E-state index in [0.29, 0.717) is 42.4 Å². The zero-order valence-corrected chi connectivity index (χ0v) is 14.1. The predicted molar refractivity (Wildman–Crippen MR) is 86.7 cm³/mol. The molecule has 2 aliphatic rings. The lowest BCUT2D eigenvalue weighted by molar-refractivity contribution is -0.204. The van der Waals surface area contributed by atoms with Gasteiger partial charge in [0, 0.05) is 18.2 Å². The highest BCUT2D eigenvalue weighted by molar-refractivity contribution is 5.93. The number of carbonyl (C=O) groups is 1. The molecule has 2 unspecified atom stereocenters. The summed E-state index contributed by atoms with van der Waals surface area (Å²) in [6.07, 6.45) is -2.88. The average Bonchev–Trinajstić information content (AvgIpc) is 2.91. The highest BCUT2D eigenvalue weighted by atomic mass is 19.4. The van der Waals surface area contributed by atoms with Crippen LogP contribution in [0.15, 0.2) is 18.2 Å². The summed E-state index contributed by atoms with van der Waals surface area (Å²) >= 11 is 0. The van der Waals surface area contributed by atoms with Gasteiger partial charge in [0.1, 0.15) is 0 Å². The van der Waals surface area contributed by atoms with Gasteiger partial charge in [-0.1, -0.05) is 6.07 Å². The van der Waals surface area contributed by atoms with Crippen molar-refractivity contribution in [1.82, 2.24) is 5.32 Å². The van der Waals surface area contributed by atoms with Crippen molar-refractivity contribution in [3.8, 4) is 0 Å². The molecule has 25 heavy (non-hydrogen) atoms. The number of primary amides is 1. The minimum Gasteiger partial charge on any atom is -0.390 e. The van der Waals surface area contributed by atoms with E-state index < -0.39 is 35.6 Å². The maximum atomic E-state index is 13.9. The Hall–Kier alpha value is -1.60. The monoisotopic (exact) mass is 356 g/mol. The van der Waals surface area contributed by atoms with Gasteiger partial charge in [-0.15, -0.1) is 0 Å². The van der Waals surface area contributed by atoms with Crippen LogP contribution in [0, 0.1) is 11.8 Å². The van der Waals surface area contributed by atoms with Crippen LogP contribution >= 0.6 is 0 Å². The van der Waals surface area contributed by atoms with Crippen molar-refractivity contribution in [3.63, 3.8) is 0 Å². The predicted octanol–water partition coefficient (Wildman–Crippen LogP) is 3.05. The second kappa shape index (κ2) is 6.29. The Morgan fingerprint density at radius 3 is 2.56 bits per heavy atom. The van der Waals surface area contributed by atoms with Crippen molar-refractivity contribution >= 4 is 5.91 Å². The molecule has 1 amide bonds. The van der Waals surface area contributed by atoms with E-state index in [9.17, 15) is 23.1 Å². The lowest BCUT2D eigenvalue weighted by Gasteiger charge is -2.40. The van der Waals surface area contributed by atoms with Crippen molar-refractivity contribution in [3.05, 3.63) is 34.9 Å². The van der Waals surface area contributed by atoms with Gasteiger partial charge in [-0.2, -0.15) is 13.2 Å². The third kappa shape index (κ3) is 3.67. The third-order valence-electron chi connectivity index (χ3n) is 5.63. The first-order valence-corrected chi connectivity index (χ1v) is 8.53. The number of benzene rings is 1. The number of rotatable bonds is 3. The number of carbonyl (C=O) groups excluding carboxylic acids is 1. The van der Waals surface area contributed by atoms with Crippen LogP contribution in [0.1, 0.15) is 60.1 Å². The van der Waals surface area contributed by atoms with Crippen LogP contribution in [0.2, 0.25) is 0 Å². The quantitative estimate of drug-likeness (QED) is 0.779. The van der Waals surface area contributed by atoms with Crippen molar-refractivity contribution in [2.24, 2.45) is 17.6 Å². The molecular weight excluding hydrogens is 333 g/mol. The number of halogens is 3. The van der Waals surface area contributed by atoms with Crippen LogP contribution in [-0.4, -0.2) is 22.8 Å². The van der Waals surface area contributed by atoms with E-state index in [2.05, 4.69) is 5.32 Å². The Balaban J connectivity index is 1.89. The summed E-state index contributed by atoms with van der Waals surface area (Å²) in [5, 5.41) is 13.0. The highest BCUT2D eigenvalue weighted by Crippen LogP contribution is 2.49. The Morgan fingerprint density at radius 1 is 1.36 bits per heavy atom. The third-order valence-corrected chi connectivity index (χ3v) is 5.63. The number of amides is 1. The van der Waals surface area contributed by atoms with Crippen molar-refractivity contribution in [2.45, 2.75) is 57.0 Å². The Bertz CT molecular complexity index is 663. The second-order valence-corrected chi connectivity index (χ2v) is 7.54. The van der Waals surface area contributed by atoms with Crippen molar-refractivity contribution < 1.29 is 23.1 Å². The summed E-state index contributed by atoms with van der Waals surface area (Å²) in [5.74, 6) is -2.63. The lowest BCUT2D eigenvalue weighted by Crippen LogP contribution is -2.42. The van der Waals surface area contributed by atoms with E-state index >= 15 is 0 Å². The van der Waals surface area contributed by atoms with E-state index in [1.165, 1.54) is 6.07 Å². The van der Waals surface area contributed by atoms with Gasteiger partial charge in [-0.05, 0) is 61.8 Å². The van der Waals surface area contributed by atoms with Gasteiger partial charge in [0.05, 0.1) is 11.5 Å². The fraction of sp³-hybridized carbons (Fsp3) is 0.611. The molecule has 1 saturated carbocycles. The molecule has 7 heteroatoms. The van der Waals surface area contributed by atoms with Crippen LogP contribution in [0.4, 0.5) is 13.2 Å². The van der Waals surface area contributed by atoms with Crippen LogP contribution in [0.5, 0.6) is 0 Å². The summed E-state index contributed by atoms with van der Waals surface area (Å²) in [6.45, 7) is 1.97. The van der Waals surface area contributed by atoms with Gasteiger partial charge in [0.2, 0.25) is 5.91 Å². The van der Waals surface area contributed by atoms with Gasteiger partial charge in [-0.25, -0.2) is 0 Å². The molecule has 1 aliphatic carbocycles. The Morgan fingerprint density at radius 2 is 2.00 bits per heavy atom. The Labute approximate surface area is 144 Å². The zero-order valence-electron chi connectivity index (χ0n) is 14.1. The molecule has 1 heterocycles. The van der Waals surface area contributed by atoms with Crippen LogP contribution in [-0.2, 0) is 6.54 Å². The first-order chi connectivity index (χ1) is 11.6. The van der Waals surface area contributed by atoms with E-state index in [1.807, 2.05) is 0 Å². The molecule has 1 aromatic carbocycles. The number of nitrogens with one attached hydrogen (secondary N) is 1. The van der Waals surface area contributed by atoms with Crippen LogP contribution in [0.3, 0.4) is 0 Å². The summed E-state index contributed by atoms with van der Waals surface area (Å²) in [7, 11) is 0. The smallest absolute Gasteiger partial charge is 0.390 e. The van der Waals surface area contributed by atoms with E-state index in [1.54, 1.807) is 19.1 Å². The Kier molecular flexibility index (Phi) is 4.58. The normalized spacial score (nSPS) is 30.8. The molecule has 4 N–H and O–H groups in total. The van der Waals surface area contributed by atoms with Crippen molar-refractivity contribution in [2.75, 3.05) is 0 Å². The molecule has 0 spiro atoms. The molecule has 1 fully saturated rings. The molecule has 1 aliphatic heterocycles. The summed E-state index contributed by atoms with van der Waals surface area (Å²) < 4.78 is 41.6. The topological polar surface area (TPSA) is 75.3 Å². The lowest BCUT2D eigenvalue weighted by atomic mass is 9.71. The average molecular weight is 356 g/mol. The van der Waals surface area contributed by atoms with Gasteiger partial charge in [0.15, 0.2) is 0 Å². The fourth-order valence-corrected chi connectivity index (χ4v) is 4.22. The SMILES string of the molecule is CC1(O)CCC(C(C2NCc3cc(C(N)=O)ccc32)C(F)(F)F)CC1. The molecule has 3 rings (SSSR count). The minimum atomic E-state index is -4.34. The number of nitrogens with two attached hydrogens (primary N) is 1. The largest absolute Gasteiger partial charge is 0.393 e. The number of alkyl halides is 3. The van der Waals surface area contributed by atoms with E-state index in [0.717, 1.165) is 0 Å². The first kappa shape index (κ1) is 18.2. The van der Waals surface area contributed by atoms with Gasteiger partial charge >= 0.3 is 6.18 Å². The fourth-order valence-electron chi connectivity index (χ4n) is 4.22. The molecule has 0 saturated heterocycles. The molecule has 4 nitrogen and oxygen atoms in total. The summed E-state index contributed by atoms with van der Waals surface area (Å²) in [5.41, 5.74) is 5.96. The summed E-state index contributed by atoms with van der Waals surface area (Å²) in [4.78, 5) is 11.3. The van der Waals surface area contributed by atoms with E-state index in [-0.39, 0.29) is 6.54 Å². The zero-order chi connectivity index (χ0) is 18.4.